The molecule has 30 heavy (non-hydrogen) atoms. The van der Waals surface area contributed by atoms with Gasteiger partial charge >= 0.3 is 0 Å². The van der Waals surface area contributed by atoms with Gasteiger partial charge in [-0.25, -0.2) is 4.68 Å². The highest BCUT2D eigenvalue weighted by atomic mass is 16.2. The first kappa shape index (κ1) is 21.5. The van der Waals surface area contributed by atoms with Crippen LogP contribution in [0.4, 0.5) is 0 Å². The van der Waals surface area contributed by atoms with Crippen molar-refractivity contribution in [3.8, 4) is 11.3 Å². The quantitative estimate of drug-likeness (QED) is 0.610. The summed E-state index contributed by atoms with van der Waals surface area (Å²) in [6.45, 7) is 7.14. The predicted molar refractivity (Wildman–Crippen MR) is 120 cm³/mol. The SMILES string of the molecule is CCc1ccc(-c2ccc(=O)n(CCC(=O)NCc3ccc(C(C)C)cc3)n2)cc1. The Hall–Kier alpha value is -3.21. The fraction of sp³-hybridized carbons (Fsp3) is 0.320. The van der Waals surface area contributed by atoms with Crippen LogP contribution in [0, 0.1) is 0 Å². The predicted octanol–water partition coefficient (Wildman–Crippen LogP) is 4.30. The van der Waals surface area contributed by atoms with Crippen molar-refractivity contribution >= 4 is 5.91 Å². The summed E-state index contributed by atoms with van der Waals surface area (Å²) < 4.78 is 1.36. The molecule has 0 unspecified atom stereocenters. The molecule has 0 saturated carbocycles. The maximum absolute atomic E-state index is 12.2. The van der Waals surface area contributed by atoms with Crippen LogP contribution < -0.4 is 10.9 Å². The average molecular weight is 404 g/mol. The molecule has 1 aromatic heterocycles. The van der Waals surface area contributed by atoms with Crippen LogP contribution in [0.25, 0.3) is 11.3 Å². The van der Waals surface area contributed by atoms with Gasteiger partial charge in [-0.05, 0) is 35.1 Å². The zero-order valence-electron chi connectivity index (χ0n) is 17.9. The summed E-state index contributed by atoms with van der Waals surface area (Å²) in [5.74, 6) is 0.383. The highest BCUT2D eigenvalue weighted by Gasteiger charge is 2.07. The maximum Gasteiger partial charge on any atom is 0.266 e. The third-order valence-electron chi connectivity index (χ3n) is 5.21. The number of hydrogen-bond acceptors (Lipinski definition) is 3. The summed E-state index contributed by atoms with van der Waals surface area (Å²) in [4.78, 5) is 24.4. The molecule has 3 aromatic rings. The number of nitrogens with one attached hydrogen (secondary N) is 1. The molecule has 1 amide bonds. The minimum absolute atomic E-state index is 0.102. The van der Waals surface area contributed by atoms with Gasteiger partial charge in [0.05, 0.1) is 12.2 Å². The molecule has 0 atom stereocenters. The number of aryl methyl sites for hydroxylation is 2. The first-order valence-corrected chi connectivity index (χ1v) is 10.5. The Morgan fingerprint density at radius 2 is 1.63 bits per heavy atom. The maximum atomic E-state index is 12.2. The normalized spacial score (nSPS) is 10.9. The zero-order valence-corrected chi connectivity index (χ0v) is 17.9. The molecule has 2 aromatic carbocycles. The molecule has 0 aliphatic heterocycles. The Morgan fingerprint density at radius 3 is 2.27 bits per heavy atom. The molecule has 0 fully saturated rings. The van der Waals surface area contributed by atoms with Crippen LogP contribution in [-0.2, 0) is 24.3 Å². The molecule has 0 spiro atoms. The standard InChI is InChI=1S/C25H29N3O2/c1-4-19-5-11-22(12-6-19)23-13-14-25(30)28(27-23)16-15-24(29)26-17-20-7-9-21(10-8-20)18(2)3/h5-14,18H,4,15-17H2,1-3H3,(H,26,29). The lowest BCUT2D eigenvalue weighted by Gasteiger charge is -2.10. The molecular weight excluding hydrogens is 374 g/mol. The van der Waals surface area contributed by atoms with E-state index in [-0.39, 0.29) is 24.4 Å². The number of benzene rings is 2. The Labute approximate surface area is 177 Å². The third kappa shape index (κ3) is 5.66. The van der Waals surface area contributed by atoms with Crippen LogP contribution in [0.1, 0.15) is 49.8 Å². The number of rotatable bonds is 8. The van der Waals surface area contributed by atoms with Crippen LogP contribution in [0.2, 0.25) is 0 Å². The molecule has 0 aliphatic rings. The average Bonchev–Trinajstić information content (AvgIpc) is 2.77. The fourth-order valence-corrected chi connectivity index (χ4v) is 3.19. The van der Waals surface area contributed by atoms with E-state index in [1.165, 1.54) is 21.9 Å². The molecule has 0 radical (unpaired) electrons. The van der Waals surface area contributed by atoms with E-state index < -0.39 is 0 Å². The lowest BCUT2D eigenvalue weighted by Crippen LogP contribution is -2.28. The van der Waals surface area contributed by atoms with Gasteiger partial charge in [-0.15, -0.1) is 0 Å². The molecule has 0 aliphatic carbocycles. The summed E-state index contributed by atoms with van der Waals surface area (Å²) in [6, 6.07) is 19.6. The van der Waals surface area contributed by atoms with Crippen molar-refractivity contribution in [3.63, 3.8) is 0 Å². The van der Waals surface area contributed by atoms with Gasteiger partial charge in [0.2, 0.25) is 5.91 Å². The monoisotopic (exact) mass is 403 g/mol. The van der Waals surface area contributed by atoms with E-state index in [4.69, 9.17) is 0 Å². The molecule has 156 valence electrons. The third-order valence-corrected chi connectivity index (χ3v) is 5.21. The second-order valence-electron chi connectivity index (χ2n) is 7.75. The highest BCUT2D eigenvalue weighted by Crippen LogP contribution is 2.17. The molecule has 0 bridgehead atoms. The zero-order chi connectivity index (χ0) is 21.5. The van der Waals surface area contributed by atoms with Gasteiger partial charge in [0.15, 0.2) is 0 Å². The number of carbonyl (C=O) groups is 1. The Balaban J connectivity index is 1.58. The second-order valence-corrected chi connectivity index (χ2v) is 7.75. The summed E-state index contributed by atoms with van der Waals surface area (Å²) in [6.07, 6.45) is 1.18. The van der Waals surface area contributed by atoms with E-state index >= 15 is 0 Å². The van der Waals surface area contributed by atoms with Gasteiger partial charge in [0.1, 0.15) is 0 Å². The second kappa shape index (κ2) is 10.0. The van der Waals surface area contributed by atoms with Gasteiger partial charge in [0.25, 0.3) is 5.56 Å². The number of amides is 1. The molecule has 1 N–H and O–H groups in total. The van der Waals surface area contributed by atoms with E-state index in [0.717, 1.165) is 23.2 Å². The molecule has 5 nitrogen and oxygen atoms in total. The summed E-state index contributed by atoms with van der Waals surface area (Å²) in [5, 5.41) is 7.35. The topological polar surface area (TPSA) is 64.0 Å². The number of hydrogen-bond donors (Lipinski definition) is 1. The number of carbonyl (C=O) groups excluding carboxylic acids is 1. The smallest absolute Gasteiger partial charge is 0.266 e. The molecule has 3 rings (SSSR count). The van der Waals surface area contributed by atoms with E-state index in [1.807, 2.05) is 24.3 Å². The Bertz CT molecular complexity index is 1040. The van der Waals surface area contributed by atoms with Crippen LogP contribution >= 0.6 is 0 Å². The lowest BCUT2D eigenvalue weighted by atomic mass is 10.0. The number of aromatic nitrogens is 2. The molecule has 1 heterocycles. The first-order valence-electron chi connectivity index (χ1n) is 10.5. The van der Waals surface area contributed by atoms with Gasteiger partial charge < -0.3 is 5.32 Å². The van der Waals surface area contributed by atoms with Gasteiger partial charge in [0, 0.05) is 24.6 Å². The fourth-order valence-electron chi connectivity index (χ4n) is 3.19. The van der Waals surface area contributed by atoms with Crippen molar-refractivity contribution in [2.75, 3.05) is 0 Å². The number of nitrogens with zero attached hydrogens (tertiary/aromatic N) is 2. The van der Waals surface area contributed by atoms with Crippen molar-refractivity contribution in [1.29, 1.82) is 0 Å². The highest BCUT2D eigenvalue weighted by molar-refractivity contribution is 5.75. The van der Waals surface area contributed by atoms with Crippen molar-refractivity contribution in [1.82, 2.24) is 15.1 Å². The van der Waals surface area contributed by atoms with Gasteiger partial charge in [-0.1, -0.05) is 69.3 Å². The largest absolute Gasteiger partial charge is 0.352 e. The summed E-state index contributed by atoms with van der Waals surface area (Å²) >= 11 is 0. The van der Waals surface area contributed by atoms with Crippen molar-refractivity contribution in [3.05, 3.63) is 87.7 Å². The first-order chi connectivity index (χ1) is 14.5. The van der Waals surface area contributed by atoms with Crippen LogP contribution in [0.3, 0.4) is 0 Å². The van der Waals surface area contributed by atoms with E-state index in [1.54, 1.807) is 6.07 Å². The molecule has 0 saturated heterocycles. The van der Waals surface area contributed by atoms with Crippen molar-refractivity contribution in [2.24, 2.45) is 0 Å². The van der Waals surface area contributed by atoms with E-state index in [2.05, 4.69) is 55.5 Å². The summed E-state index contributed by atoms with van der Waals surface area (Å²) in [5.41, 5.74) is 5.06. The molecule has 5 heteroatoms. The van der Waals surface area contributed by atoms with E-state index in [9.17, 15) is 9.59 Å². The Morgan fingerprint density at radius 1 is 0.967 bits per heavy atom. The molecular formula is C25H29N3O2. The van der Waals surface area contributed by atoms with Crippen LogP contribution in [0.5, 0.6) is 0 Å². The van der Waals surface area contributed by atoms with Crippen LogP contribution in [-0.4, -0.2) is 15.7 Å². The van der Waals surface area contributed by atoms with Gasteiger partial charge in [-0.2, -0.15) is 5.10 Å². The lowest BCUT2D eigenvalue weighted by molar-refractivity contribution is -0.121. The minimum atomic E-state index is -0.207. The van der Waals surface area contributed by atoms with Crippen molar-refractivity contribution in [2.45, 2.75) is 52.6 Å². The van der Waals surface area contributed by atoms with Crippen LogP contribution in [0.15, 0.2) is 65.5 Å². The summed E-state index contributed by atoms with van der Waals surface area (Å²) in [7, 11) is 0. The minimum Gasteiger partial charge on any atom is -0.352 e. The van der Waals surface area contributed by atoms with Crippen molar-refractivity contribution < 1.29 is 4.79 Å². The Kier molecular flexibility index (Phi) is 7.17. The van der Waals surface area contributed by atoms with E-state index in [0.29, 0.717) is 12.5 Å². The van der Waals surface area contributed by atoms with Gasteiger partial charge in [-0.3, -0.25) is 9.59 Å².